The van der Waals surface area contributed by atoms with Gasteiger partial charge in [0, 0.05) is 50.0 Å². The largest absolute Gasteiger partial charge is 0.416 e. The zero-order valence-corrected chi connectivity index (χ0v) is 20.5. The van der Waals surface area contributed by atoms with E-state index >= 15 is 0 Å². The number of pyridine rings is 1. The van der Waals surface area contributed by atoms with Gasteiger partial charge in [0.25, 0.3) is 5.91 Å². The van der Waals surface area contributed by atoms with E-state index in [0.29, 0.717) is 5.69 Å². The van der Waals surface area contributed by atoms with Gasteiger partial charge in [-0.2, -0.15) is 13.2 Å². The first-order valence-corrected chi connectivity index (χ1v) is 12.3. The topological polar surface area (TPSA) is 39.7 Å². The molecule has 0 unspecified atom stereocenters. The minimum atomic E-state index is -4.21. The minimum Gasteiger partial charge on any atom is -0.368 e. The molecule has 5 rings (SSSR count). The van der Waals surface area contributed by atoms with Gasteiger partial charge in [0.15, 0.2) is 0 Å². The van der Waals surface area contributed by atoms with Crippen LogP contribution in [0.25, 0.3) is 0 Å². The van der Waals surface area contributed by atoms with E-state index in [-0.39, 0.29) is 5.91 Å². The van der Waals surface area contributed by atoms with E-state index in [1.165, 1.54) is 17.8 Å². The number of aromatic nitrogens is 1. The zero-order chi connectivity index (χ0) is 25.5. The number of anilines is 2. The Labute approximate surface area is 214 Å². The molecular weight excluding hydrogens is 489 g/mol. The molecule has 3 aromatic rings. The van der Waals surface area contributed by atoms with Crippen molar-refractivity contribution in [2.75, 3.05) is 49.1 Å². The summed E-state index contributed by atoms with van der Waals surface area (Å²) in [5.41, 5.74) is 1.15. The summed E-state index contributed by atoms with van der Waals surface area (Å²) in [6, 6.07) is 20.1. The fourth-order valence-corrected chi connectivity index (χ4v) is 4.40. The first-order chi connectivity index (χ1) is 17.3. The molecule has 0 atom stereocenters. The Morgan fingerprint density at radius 1 is 0.750 bits per heavy atom. The maximum atomic E-state index is 12.6. The number of nitrogens with zero attached hydrogens (tertiary/aromatic N) is 4. The van der Waals surface area contributed by atoms with Crippen molar-refractivity contribution in [1.29, 1.82) is 0 Å². The maximum Gasteiger partial charge on any atom is 0.416 e. The smallest absolute Gasteiger partial charge is 0.368 e. The van der Waals surface area contributed by atoms with Crippen LogP contribution in [0.3, 0.4) is 0 Å². The third kappa shape index (κ3) is 6.69. The van der Waals surface area contributed by atoms with E-state index in [4.69, 9.17) is 11.6 Å². The molecule has 5 nitrogen and oxygen atoms in total. The zero-order valence-electron chi connectivity index (χ0n) is 19.8. The molecule has 2 saturated heterocycles. The first-order valence-electron chi connectivity index (χ1n) is 12.0. The van der Waals surface area contributed by atoms with Gasteiger partial charge in [0.2, 0.25) is 0 Å². The second-order valence-corrected chi connectivity index (χ2v) is 9.13. The van der Waals surface area contributed by atoms with E-state index in [1.54, 1.807) is 6.07 Å². The fourth-order valence-electron chi connectivity index (χ4n) is 4.27. The van der Waals surface area contributed by atoms with E-state index in [9.17, 15) is 18.0 Å². The number of benzene rings is 2. The molecule has 9 heteroatoms. The highest BCUT2D eigenvalue weighted by molar-refractivity contribution is 6.30. The van der Waals surface area contributed by atoms with Gasteiger partial charge in [-0.3, -0.25) is 4.79 Å². The van der Waals surface area contributed by atoms with Gasteiger partial charge >= 0.3 is 6.18 Å². The average molecular weight is 517 g/mol. The van der Waals surface area contributed by atoms with Crippen molar-refractivity contribution < 1.29 is 18.0 Å². The lowest BCUT2D eigenvalue weighted by molar-refractivity contribution is -0.137. The summed E-state index contributed by atoms with van der Waals surface area (Å²) in [6.45, 7) is 5.32. The number of likely N-dealkylation sites (tertiary alicyclic amines) is 1. The Morgan fingerprint density at radius 2 is 1.36 bits per heavy atom. The monoisotopic (exact) mass is 516 g/mol. The number of amides is 1. The lowest BCUT2D eigenvalue weighted by Crippen LogP contribution is -2.47. The van der Waals surface area contributed by atoms with Gasteiger partial charge < -0.3 is 14.7 Å². The van der Waals surface area contributed by atoms with E-state index in [0.717, 1.165) is 75.1 Å². The fraction of sp³-hybridized carbons (Fsp3) is 0.333. The van der Waals surface area contributed by atoms with Crippen LogP contribution < -0.4 is 9.80 Å². The molecule has 0 radical (unpaired) electrons. The number of hydrogen-bond donors (Lipinski definition) is 0. The molecule has 2 aliphatic rings. The van der Waals surface area contributed by atoms with Crippen molar-refractivity contribution in [3.8, 4) is 0 Å². The number of piperazine rings is 1. The molecule has 2 aromatic carbocycles. The van der Waals surface area contributed by atoms with Crippen LogP contribution in [0.5, 0.6) is 0 Å². The Morgan fingerprint density at radius 3 is 1.94 bits per heavy atom. The molecule has 190 valence electrons. The first kappa shape index (κ1) is 25.8. The molecule has 3 heterocycles. The minimum absolute atomic E-state index is 0.0594. The van der Waals surface area contributed by atoms with E-state index in [1.807, 2.05) is 35.2 Å². The summed E-state index contributed by atoms with van der Waals surface area (Å²) in [5, 5.41) is 0.760. The van der Waals surface area contributed by atoms with Gasteiger partial charge in [0.1, 0.15) is 11.5 Å². The second kappa shape index (κ2) is 11.6. The van der Waals surface area contributed by atoms with E-state index < -0.39 is 11.7 Å². The molecular formula is C27H28ClF3N4O. The lowest BCUT2D eigenvalue weighted by Gasteiger charge is -2.36. The third-order valence-electron chi connectivity index (χ3n) is 6.24. The summed E-state index contributed by atoms with van der Waals surface area (Å²) < 4.78 is 35.4. The van der Waals surface area contributed by atoms with Crippen molar-refractivity contribution in [3.05, 3.63) is 89.1 Å². The quantitative estimate of drug-likeness (QED) is 0.428. The highest BCUT2D eigenvalue weighted by Gasteiger charge is 2.29. The van der Waals surface area contributed by atoms with Crippen molar-refractivity contribution in [2.45, 2.75) is 19.0 Å². The van der Waals surface area contributed by atoms with Crippen LogP contribution in [0.15, 0.2) is 72.8 Å². The van der Waals surface area contributed by atoms with Crippen molar-refractivity contribution >= 4 is 29.0 Å². The van der Waals surface area contributed by atoms with Crippen LogP contribution in [-0.4, -0.2) is 55.1 Å². The average Bonchev–Trinajstić information content (AvgIpc) is 3.45. The number of halogens is 4. The number of alkyl halides is 3. The van der Waals surface area contributed by atoms with Crippen LogP contribution in [0, 0.1) is 0 Å². The highest BCUT2D eigenvalue weighted by atomic mass is 35.5. The molecule has 1 aromatic heterocycles. The molecule has 2 aliphatic heterocycles. The van der Waals surface area contributed by atoms with Crippen molar-refractivity contribution in [3.63, 3.8) is 0 Å². The van der Waals surface area contributed by atoms with Crippen LogP contribution in [0.2, 0.25) is 5.02 Å². The predicted molar refractivity (Wildman–Crippen MR) is 137 cm³/mol. The standard InChI is InChI=1S/C20H23ClN4O.C7H5F3/c21-16-6-8-17(9-7-16)23-12-14-24(15-13-23)19-5-3-4-18(22-19)20(26)25-10-1-2-11-25;8-7(9,10)6-4-2-1-3-5-6/h3-9H,1-2,10-15H2;1-5H. The molecule has 0 bridgehead atoms. The SMILES string of the molecule is FC(F)(F)c1ccccc1.O=C(c1cccc(N2CCN(c3ccc(Cl)cc3)CC2)n1)N1CCCC1. The summed E-state index contributed by atoms with van der Waals surface area (Å²) in [7, 11) is 0. The normalized spacial score (nSPS) is 15.9. The third-order valence-corrected chi connectivity index (χ3v) is 6.50. The Kier molecular flexibility index (Phi) is 8.36. The molecule has 2 fully saturated rings. The molecule has 36 heavy (non-hydrogen) atoms. The summed E-state index contributed by atoms with van der Waals surface area (Å²) in [6.07, 6.45) is -2.02. The Balaban J connectivity index is 0.000000256. The Bertz CT molecular complexity index is 1130. The number of rotatable bonds is 3. The van der Waals surface area contributed by atoms with Crippen LogP contribution in [0.1, 0.15) is 28.9 Å². The Hall–Kier alpha value is -3.26. The lowest BCUT2D eigenvalue weighted by atomic mass is 10.2. The predicted octanol–water partition coefficient (Wildman–Crippen LogP) is 6.00. The van der Waals surface area contributed by atoms with Gasteiger partial charge in [-0.1, -0.05) is 48.0 Å². The van der Waals surface area contributed by atoms with E-state index in [2.05, 4.69) is 26.9 Å². The molecule has 0 saturated carbocycles. The number of carbonyl (C=O) groups excluding carboxylic acids is 1. The van der Waals surface area contributed by atoms with Gasteiger partial charge in [-0.15, -0.1) is 0 Å². The number of carbonyl (C=O) groups is 1. The van der Waals surface area contributed by atoms with Crippen LogP contribution in [-0.2, 0) is 6.18 Å². The van der Waals surface area contributed by atoms with Gasteiger partial charge in [-0.25, -0.2) is 4.98 Å². The van der Waals surface area contributed by atoms with Crippen molar-refractivity contribution in [2.24, 2.45) is 0 Å². The number of hydrogen-bond acceptors (Lipinski definition) is 4. The van der Waals surface area contributed by atoms with Gasteiger partial charge in [0.05, 0.1) is 5.56 Å². The summed E-state index contributed by atoms with van der Waals surface area (Å²) in [4.78, 5) is 23.7. The van der Waals surface area contributed by atoms with Crippen LogP contribution >= 0.6 is 11.6 Å². The summed E-state index contributed by atoms with van der Waals surface area (Å²) >= 11 is 5.98. The molecule has 0 spiro atoms. The summed E-state index contributed by atoms with van der Waals surface area (Å²) in [5.74, 6) is 0.954. The molecule has 0 N–H and O–H groups in total. The molecule has 1 amide bonds. The second-order valence-electron chi connectivity index (χ2n) is 8.69. The van der Waals surface area contributed by atoms with Crippen molar-refractivity contribution in [1.82, 2.24) is 9.88 Å². The maximum absolute atomic E-state index is 12.6. The van der Waals surface area contributed by atoms with Gasteiger partial charge in [-0.05, 0) is 49.2 Å². The highest BCUT2D eigenvalue weighted by Crippen LogP contribution is 2.28. The molecule has 0 aliphatic carbocycles. The van der Waals surface area contributed by atoms with Crippen LogP contribution in [0.4, 0.5) is 24.7 Å².